The number of benzene rings is 1. The number of hydrogen-bond donors (Lipinski definition) is 2. The molecule has 10 heteroatoms. The number of carbonyl (C=O) groups excluding carboxylic acids is 1. The van der Waals surface area contributed by atoms with E-state index in [9.17, 15) is 18.0 Å². The summed E-state index contributed by atoms with van der Waals surface area (Å²) in [6, 6.07) is 7.36. The molecule has 0 aliphatic carbocycles. The number of aliphatic imine (C=N–C) groups is 1. The lowest BCUT2D eigenvalue weighted by Gasteiger charge is -2.32. The van der Waals surface area contributed by atoms with Crippen LogP contribution in [0.25, 0.3) is 0 Å². The third-order valence-electron chi connectivity index (χ3n) is 4.65. The van der Waals surface area contributed by atoms with Crippen LogP contribution in [0.2, 0.25) is 0 Å². The Morgan fingerprint density at radius 2 is 1.94 bits per heavy atom. The highest BCUT2D eigenvalue weighted by Gasteiger charge is 2.27. The molecule has 7 nitrogen and oxygen atoms in total. The number of guanidine groups is 1. The first-order chi connectivity index (χ1) is 14.8. The summed E-state index contributed by atoms with van der Waals surface area (Å²) in [5, 5.41) is 6.60. The quantitative estimate of drug-likeness (QED) is 0.475. The smallest absolute Gasteiger partial charge is 0.411 e. The number of hydrogen-bond acceptors (Lipinski definition) is 4. The van der Waals surface area contributed by atoms with Gasteiger partial charge < -0.3 is 25.0 Å². The van der Waals surface area contributed by atoms with Crippen molar-refractivity contribution in [3.63, 3.8) is 0 Å². The van der Waals surface area contributed by atoms with Crippen LogP contribution in [-0.2, 0) is 22.6 Å². The maximum atomic E-state index is 12.2. The molecule has 174 valence electrons. The lowest BCUT2D eigenvalue weighted by Crippen LogP contribution is -2.49. The van der Waals surface area contributed by atoms with Gasteiger partial charge >= 0.3 is 12.3 Å². The second kappa shape index (κ2) is 12.4. The summed E-state index contributed by atoms with van der Waals surface area (Å²) in [6.45, 7) is 5.07. The number of nitrogens with one attached hydrogen (secondary N) is 2. The van der Waals surface area contributed by atoms with E-state index >= 15 is 0 Å². The van der Waals surface area contributed by atoms with Gasteiger partial charge in [-0.05, 0) is 37.8 Å². The first-order valence-corrected chi connectivity index (χ1v) is 10.5. The average molecular weight is 444 g/mol. The minimum absolute atomic E-state index is 0.103. The molecule has 0 bridgehead atoms. The maximum absolute atomic E-state index is 12.2. The van der Waals surface area contributed by atoms with Crippen molar-refractivity contribution in [3.8, 4) is 0 Å². The molecule has 1 aliphatic heterocycles. The van der Waals surface area contributed by atoms with Crippen molar-refractivity contribution in [2.75, 3.05) is 32.8 Å². The number of halogens is 3. The molecule has 1 saturated heterocycles. The molecule has 1 aromatic carbocycles. The van der Waals surface area contributed by atoms with Crippen LogP contribution in [0.15, 0.2) is 29.3 Å². The summed E-state index contributed by atoms with van der Waals surface area (Å²) < 4.78 is 46.4. The van der Waals surface area contributed by atoms with Crippen molar-refractivity contribution in [1.29, 1.82) is 0 Å². The summed E-state index contributed by atoms with van der Waals surface area (Å²) in [7, 11) is 0. The van der Waals surface area contributed by atoms with Gasteiger partial charge in [0.25, 0.3) is 0 Å². The normalized spacial score (nSPS) is 15.6. The first-order valence-electron chi connectivity index (χ1n) is 10.5. The molecule has 1 heterocycles. The summed E-state index contributed by atoms with van der Waals surface area (Å²) in [4.78, 5) is 18.1. The Morgan fingerprint density at radius 3 is 2.58 bits per heavy atom. The highest BCUT2D eigenvalue weighted by atomic mass is 19.4. The molecule has 0 aromatic heterocycles. The third kappa shape index (κ3) is 9.46. The van der Waals surface area contributed by atoms with Crippen LogP contribution in [0, 0.1) is 0 Å². The zero-order chi connectivity index (χ0) is 22.7. The van der Waals surface area contributed by atoms with E-state index in [-0.39, 0.29) is 18.7 Å². The van der Waals surface area contributed by atoms with E-state index in [1.807, 2.05) is 13.0 Å². The zero-order valence-corrected chi connectivity index (χ0v) is 18.0. The molecule has 0 radical (unpaired) electrons. The lowest BCUT2D eigenvalue weighted by molar-refractivity contribution is -0.176. The third-order valence-corrected chi connectivity index (χ3v) is 4.65. The van der Waals surface area contributed by atoms with Crippen molar-refractivity contribution >= 4 is 12.1 Å². The van der Waals surface area contributed by atoms with Crippen LogP contribution in [-0.4, -0.2) is 62.0 Å². The summed E-state index contributed by atoms with van der Waals surface area (Å²) >= 11 is 0. The second-order valence-electron chi connectivity index (χ2n) is 7.23. The first kappa shape index (κ1) is 24.8. The van der Waals surface area contributed by atoms with Crippen molar-refractivity contribution in [1.82, 2.24) is 15.5 Å². The largest absolute Gasteiger partial charge is 0.450 e. The van der Waals surface area contributed by atoms with Gasteiger partial charge in [-0.1, -0.05) is 24.3 Å². The van der Waals surface area contributed by atoms with E-state index in [1.54, 1.807) is 30.0 Å². The molecular weight excluding hydrogens is 413 g/mol. The molecule has 0 saturated carbocycles. The van der Waals surface area contributed by atoms with Crippen molar-refractivity contribution in [2.24, 2.45) is 4.99 Å². The van der Waals surface area contributed by atoms with E-state index in [2.05, 4.69) is 15.6 Å². The Labute approximate surface area is 181 Å². The summed E-state index contributed by atoms with van der Waals surface area (Å²) in [5.74, 6) is 0.663. The number of carbonyl (C=O) groups is 1. The van der Waals surface area contributed by atoms with Crippen molar-refractivity contribution < 1.29 is 27.4 Å². The number of piperidine rings is 1. The minimum atomic E-state index is -4.33. The highest BCUT2D eigenvalue weighted by Crippen LogP contribution is 2.16. The van der Waals surface area contributed by atoms with Crippen LogP contribution < -0.4 is 10.6 Å². The van der Waals surface area contributed by atoms with Crippen LogP contribution in [0.3, 0.4) is 0 Å². The molecule has 1 aliphatic rings. The second-order valence-corrected chi connectivity index (χ2v) is 7.23. The van der Waals surface area contributed by atoms with Gasteiger partial charge in [-0.15, -0.1) is 0 Å². The van der Waals surface area contributed by atoms with Gasteiger partial charge in [0, 0.05) is 25.7 Å². The van der Waals surface area contributed by atoms with Crippen molar-refractivity contribution in [2.45, 2.75) is 52.1 Å². The molecule has 0 spiro atoms. The monoisotopic (exact) mass is 444 g/mol. The van der Waals surface area contributed by atoms with Gasteiger partial charge in [0.1, 0.15) is 6.61 Å². The Bertz CT molecular complexity index is 720. The van der Waals surface area contributed by atoms with E-state index in [0.29, 0.717) is 44.3 Å². The number of alkyl halides is 3. The topological polar surface area (TPSA) is 75.2 Å². The number of nitrogens with zero attached hydrogens (tertiary/aromatic N) is 2. The van der Waals surface area contributed by atoms with Gasteiger partial charge in [0.05, 0.1) is 19.8 Å². The van der Waals surface area contributed by atoms with Crippen LogP contribution in [0.5, 0.6) is 0 Å². The molecule has 2 N–H and O–H groups in total. The van der Waals surface area contributed by atoms with Crippen LogP contribution in [0.1, 0.15) is 37.8 Å². The molecular formula is C21H31F3N4O3. The van der Waals surface area contributed by atoms with Gasteiger partial charge in [-0.3, -0.25) is 0 Å². The van der Waals surface area contributed by atoms with Gasteiger partial charge in [-0.25, -0.2) is 9.79 Å². The predicted molar refractivity (Wildman–Crippen MR) is 112 cm³/mol. The zero-order valence-electron chi connectivity index (χ0n) is 18.0. The molecule has 1 aromatic rings. The number of ether oxygens (including phenoxy) is 2. The lowest BCUT2D eigenvalue weighted by atomic mass is 10.1. The van der Waals surface area contributed by atoms with E-state index in [0.717, 1.165) is 18.4 Å². The van der Waals surface area contributed by atoms with Crippen LogP contribution in [0.4, 0.5) is 18.0 Å². The number of amides is 1. The summed E-state index contributed by atoms with van der Waals surface area (Å²) in [5.41, 5.74) is 1.55. The van der Waals surface area contributed by atoms with Crippen molar-refractivity contribution in [3.05, 3.63) is 35.4 Å². The number of likely N-dealkylation sites (tertiary alicyclic amines) is 1. The fraction of sp³-hybridized carbons (Fsp3) is 0.619. The molecule has 0 atom stereocenters. The molecule has 2 rings (SSSR count). The molecule has 1 fully saturated rings. The van der Waals surface area contributed by atoms with Gasteiger partial charge in [0.2, 0.25) is 0 Å². The van der Waals surface area contributed by atoms with E-state index in [4.69, 9.17) is 9.47 Å². The fourth-order valence-electron chi connectivity index (χ4n) is 3.21. The number of rotatable bonds is 8. The van der Waals surface area contributed by atoms with E-state index < -0.39 is 12.8 Å². The molecule has 0 unspecified atom stereocenters. The fourth-order valence-corrected chi connectivity index (χ4v) is 3.21. The van der Waals surface area contributed by atoms with Gasteiger partial charge in [-0.2, -0.15) is 13.2 Å². The highest BCUT2D eigenvalue weighted by molar-refractivity contribution is 5.80. The average Bonchev–Trinajstić information content (AvgIpc) is 2.72. The van der Waals surface area contributed by atoms with Crippen LogP contribution >= 0.6 is 0 Å². The molecule has 1 amide bonds. The SMILES string of the molecule is CCNC(=NCc1cccc(COCC(F)(F)F)c1)NC1CCN(C(=O)OCC)CC1. The Balaban J connectivity index is 1.87. The minimum Gasteiger partial charge on any atom is -0.450 e. The maximum Gasteiger partial charge on any atom is 0.411 e. The standard InChI is InChI=1S/C21H31F3N4O3/c1-3-25-19(27-18-8-10-28(11-9-18)20(29)31-4-2)26-13-16-6-5-7-17(12-16)14-30-15-21(22,23)24/h5-7,12,18H,3-4,8-11,13-15H2,1-2H3,(H2,25,26,27). The molecule has 31 heavy (non-hydrogen) atoms. The Morgan fingerprint density at radius 1 is 1.23 bits per heavy atom. The predicted octanol–water partition coefficient (Wildman–Crippen LogP) is 3.44. The Hall–Kier alpha value is -2.49. The summed E-state index contributed by atoms with van der Waals surface area (Å²) in [6.07, 6.45) is -3.04. The van der Waals surface area contributed by atoms with E-state index in [1.165, 1.54) is 0 Å². The Kier molecular flexibility index (Phi) is 9.90. The van der Waals surface area contributed by atoms with Gasteiger partial charge in [0.15, 0.2) is 5.96 Å².